The molecule has 4 N–H and O–H groups in total. The molecule has 10 nitrogen and oxygen atoms in total. The first-order chi connectivity index (χ1) is 15.7. The van der Waals surface area contributed by atoms with Gasteiger partial charge in [-0.1, -0.05) is 6.92 Å². The molecule has 0 aliphatic heterocycles. The van der Waals surface area contributed by atoms with Gasteiger partial charge in [0.05, 0.1) is 41.8 Å². The molecule has 1 amide bonds. The van der Waals surface area contributed by atoms with Gasteiger partial charge in [-0.05, 0) is 26.3 Å². The molecule has 0 aromatic carbocycles. The van der Waals surface area contributed by atoms with Crippen molar-refractivity contribution in [2.75, 3.05) is 18.5 Å². The highest BCUT2D eigenvalue weighted by atomic mass is 19.1. The maximum atomic E-state index is 14.1. The first-order valence-corrected chi connectivity index (χ1v) is 10.4. The molecule has 174 valence electrons. The van der Waals surface area contributed by atoms with E-state index >= 15 is 0 Å². The summed E-state index contributed by atoms with van der Waals surface area (Å²) in [6, 6.07) is 4.93. The van der Waals surface area contributed by atoms with Crippen molar-refractivity contribution in [1.82, 2.24) is 25.1 Å². The van der Waals surface area contributed by atoms with Gasteiger partial charge in [0.15, 0.2) is 11.5 Å². The largest absolute Gasteiger partial charge is 0.394 e. The van der Waals surface area contributed by atoms with Crippen LogP contribution in [0, 0.1) is 11.3 Å². The van der Waals surface area contributed by atoms with Crippen molar-refractivity contribution in [2.24, 2.45) is 0 Å². The quantitative estimate of drug-likeness (QED) is 0.381. The minimum absolute atomic E-state index is 0.143. The predicted octanol–water partition coefficient (Wildman–Crippen LogP) is 1.71. The van der Waals surface area contributed by atoms with Crippen LogP contribution in [0.25, 0.3) is 16.9 Å². The number of carbonyl (C=O) groups is 1. The zero-order valence-corrected chi connectivity index (χ0v) is 18.6. The third kappa shape index (κ3) is 5.42. The molecule has 0 radical (unpaired) electrons. The van der Waals surface area contributed by atoms with Gasteiger partial charge in [-0.3, -0.25) is 4.79 Å². The number of hydrogen-bond donors (Lipinski definition) is 4. The number of amides is 1. The molecule has 2 atom stereocenters. The van der Waals surface area contributed by atoms with Crippen molar-refractivity contribution in [2.45, 2.75) is 45.0 Å². The Balaban J connectivity index is 1.97. The summed E-state index contributed by atoms with van der Waals surface area (Å²) in [4.78, 5) is 21.4. The first-order valence-electron chi connectivity index (χ1n) is 10.4. The molecule has 0 saturated carbocycles. The zero-order chi connectivity index (χ0) is 24.2. The number of nitrogens with zero attached hydrogens (tertiary/aromatic N) is 5. The van der Waals surface area contributed by atoms with Gasteiger partial charge in [0.1, 0.15) is 12.2 Å². The molecule has 3 heterocycles. The summed E-state index contributed by atoms with van der Waals surface area (Å²) in [6.45, 7) is 3.98. The van der Waals surface area contributed by atoms with Crippen LogP contribution >= 0.6 is 0 Å². The van der Waals surface area contributed by atoms with E-state index in [0.29, 0.717) is 34.5 Å². The SMILES string of the molecule is CCC(CO)Nc1cc(-n2ncc3cc(C#N)cnc32)ncc1C(=O)NCC(F)C(C)(C)O. The molecular weight excluding hydrogens is 429 g/mol. The number of aliphatic hydroxyl groups excluding tert-OH is 1. The van der Waals surface area contributed by atoms with Crippen LogP contribution in [-0.4, -0.2) is 66.8 Å². The molecule has 3 rings (SSSR count). The van der Waals surface area contributed by atoms with Crippen molar-refractivity contribution in [3.05, 3.63) is 41.9 Å². The van der Waals surface area contributed by atoms with Gasteiger partial charge >= 0.3 is 0 Å². The van der Waals surface area contributed by atoms with Gasteiger partial charge in [-0.25, -0.2) is 14.4 Å². The number of hydrogen-bond acceptors (Lipinski definition) is 8. The van der Waals surface area contributed by atoms with E-state index in [2.05, 4.69) is 25.7 Å². The summed E-state index contributed by atoms with van der Waals surface area (Å²) >= 11 is 0. The average molecular weight is 455 g/mol. The second-order valence-corrected chi connectivity index (χ2v) is 8.16. The number of alkyl halides is 1. The molecule has 0 aliphatic carbocycles. The Morgan fingerprint density at radius 2 is 2.06 bits per heavy atom. The summed E-state index contributed by atoms with van der Waals surface area (Å²) in [5.74, 6) is -0.229. The van der Waals surface area contributed by atoms with Crippen molar-refractivity contribution in [1.29, 1.82) is 5.26 Å². The summed E-state index contributed by atoms with van der Waals surface area (Å²) in [5.41, 5.74) is -0.209. The van der Waals surface area contributed by atoms with E-state index < -0.39 is 17.7 Å². The molecule has 11 heteroatoms. The summed E-state index contributed by atoms with van der Waals surface area (Å²) in [7, 11) is 0. The molecule has 3 aromatic rings. The van der Waals surface area contributed by atoms with Gasteiger partial charge in [0.25, 0.3) is 5.91 Å². The highest BCUT2D eigenvalue weighted by Crippen LogP contribution is 2.23. The highest BCUT2D eigenvalue weighted by Gasteiger charge is 2.27. The van der Waals surface area contributed by atoms with E-state index in [1.165, 1.54) is 30.9 Å². The predicted molar refractivity (Wildman–Crippen MR) is 120 cm³/mol. The molecular formula is C22H26FN7O3. The fraction of sp³-hybridized carbons (Fsp3) is 0.409. The number of pyridine rings is 2. The van der Waals surface area contributed by atoms with Crippen LogP contribution in [0.3, 0.4) is 0 Å². The van der Waals surface area contributed by atoms with Crippen LogP contribution in [0.5, 0.6) is 0 Å². The maximum Gasteiger partial charge on any atom is 0.255 e. The summed E-state index contributed by atoms with van der Waals surface area (Å²) in [6.07, 6.45) is 3.23. The van der Waals surface area contributed by atoms with E-state index in [1.807, 2.05) is 13.0 Å². The Kier molecular flexibility index (Phi) is 7.20. The van der Waals surface area contributed by atoms with E-state index in [0.717, 1.165) is 0 Å². The Labute approximate surface area is 190 Å². The third-order valence-electron chi connectivity index (χ3n) is 5.17. The zero-order valence-electron chi connectivity index (χ0n) is 18.6. The maximum absolute atomic E-state index is 14.1. The van der Waals surface area contributed by atoms with E-state index in [-0.39, 0.29) is 24.8 Å². The van der Waals surface area contributed by atoms with Gasteiger partial charge in [-0.2, -0.15) is 15.0 Å². The molecule has 2 unspecified atom stereocenters. The standard InChI is InChI=1S/C22H26FN7O3/c1-4-15(12-31)29-17-6-19(30-20-14(9-28-30)5-13(7-24)8-26-20)25-10-16(17)21(32)27-11-18(23)22(2,3)33/h5-6,8-10,15,18,31,33H,4,11-12H2,1-3H3,(H,25,29)(H,27,32). The second-order valence-electron chi connectivity index (χ2n) is 8.16. The van der Waals surface area contributed by atoms with Gasteiger partial charge < -0.3 is 20.8 Å². The Hall–Kier alpha value is -3.62. The Bertz CT molecular complexity index is 1180. The molecule has 3 aromatic heterocycles. The fourth-order valence-corrected chi connectivity index (χ4v) is 3.03. The molecule has 0 bridgehead atoms. The van der Waals surface area contributed by atoms with Crippen LogP contribution in [0.1, 0.15) is 43.1 Å². The van der Waals surface area contributed by atoms with Crippen molar-refractivity contribution >= 4 is 22.6 Å². The smallest absolute Gasteiger partial charge is 0.255 e. The fourth-order valence-electron chi connectivity index (χ4n) is 3.03. The lowest BCUT2D eigenvalue weighted by Crippen LogP contribution is -2.42. The summed E-state index contributed by atoms with van der Waals surface area (Å²) in [5, 5.41) is 39.0. The van der Waals surface area contributed by atoms with Gasteiger partial charge in [0, 0.05) is 29.9 Å². The number of anilines is 1. The first kappa shape index (κ1) is 24.0. The number of halogens is 1. The second kappa shape index (κ2) is 9.89. The van der Waals surface area contributed by atoms with E-state index in [9.17, 15) is 19.4 Å². The Morgan fingerprint density at radius 1 is 1.30 bits per heavy atom. The number of aromatic nitrogens is 4. The van der Waals surface area contributed by atoms with Crippen LogP contribution in [-0.2, 0) is 0 Å². The molecule has 0 fully saturated rings. The molecule has 0 spiro atoms. The van der Waals surface area contributed by atoms with Gasteiger partial charge in [0.2, 0.25) is 0 Å². The minimum Gasteiger partial charge on any atom is -0.394 e. The van der Waals surface area contributed by atoms with E-state index in [4.69, 9.17) is 5.26 Å². The summed E-state index contributed by atoms with van der Waals surface area (Å²) < 4.78 is 15.6. The number of rotatable bonds is 9. The topological polar surface area (TPSA) is 149 Å². The highest BCUT2D eigenvalue weighted by molar-refractivity contribution is 5.99. The number of aliphatic hydroxyl groups is 2. The Morgan fingerprint density at radius 3 is 2.70 bits per heavy atom. The number of fused-ring (bicyclic) bond motifs is 1. The lowest BCUT2D eigenvalue weighted by Gasteiger charge is -2.23. The molecule has 0 saturated heterocycles. The van der Waals surface area contributed by atoms with Crippen molar-refractivity contribution in [3.63, 3.8) is 0 Å². The number of nitrogens with one attached hydrogen (secondary N) is 2. The monoisotopic (exact) mass is 455 g/mol. The number of nitriles is 1. The van der Waals surface area contributed by atoms with Crippen LogP contribution < -0.4 is 10.6 Å². The van der Waals surface area contributed by atoms with Crippen molar-refractivity contribution in [3.8, 4) is 11.9 Å². The lowest BCUT2D eigenvalue weighted by atomic mass is 10.0. The van der Waals surface area contributed by atoms with E-state index in [1.54, 1.807) is 18.3 Å². The van der Waals surface area contributed by atoms with Gasteiger partial charge in [-0.15, -0.1) is 0 Å². The van der Waals surface area contributed by atoms with Crippen LogP contribution in [0.15, 0.2) is 30.7 Å². The molecule has 0 aliphatic rings. The lowest BCUT2D eigenvalue weighted by molar-refractivity contribution is -0.00177. The molecule has 33 heavy (non-hydrogen) atoms. The average Bonchev–Trinajstić information content (AvgIpc) is 3.23. The minimum atomic E-state index is -1.66. The van der Waals surface area contributed by atoms with Crippen molar-refractivity contribution < 1.29 is 19.4 Å². The normalized spacial score (nSPS) is 13.4. The number of carbonyl (C=O) groups excluding carboxylic acids is 1. The third-order valence-corrected chi connectivity index (χ3v) is 5.17. The van der Waals surface area contributed by atoms with Crippen LogP contribution in [0.4, 0.5) is 10.1 Å². The van der Waals surface area contributed by atoms with Crippen LogP contribution in [0.2, 0.25) is 0 Å².